The summed E-state index contributed by atoms with van der Waals surface area (Å²) < 4.78 is 21.8. The molecule has 0 rings (SSSR count). The highest BCUT2D eigenvalue weighted by molar-refractivity contribution is 7.90. The van der Waals surface area contributed by atoms with Crippen LogP contribution < -0.4 is 5.32 Å². The Hall–Kier alpha value is -0.0900. The molecule has 0 aromatic carbocycles. The maximum Gasteiger partial charge on any atom is 0.147 e. The standard InChI is InChI=1S/C12H27NO2S/c1-4-5-6-7-9-12(2)13-10-8-11-16(3,14)15/h12-13H,4-11H2,1-3H3. The molecule has 1 unspecified atom stereocenters. The summed E-state index contributed by atoms with van der Waals surface area (Å²) in [6.45, 7) is 5.20. The third-order valence-electron chi connectivity index (χ3n) is 2.68. The van der Waals surface area contributed by atoms with Crippen molar-refractivity contribution in [1.82, 2.24) is 5.32 Å². The van der Waals surface area contributed by atoms with Crippen molar-refractivity contribution in [3.05, 3.63) is 0 Å². The van der Waals surface area contributed by atoms with Gasteiger partial charge in [-0.05, 0) is 26.3 Å². The fourth-order valence-corrected chi connectivity index (χ4v) is 2.33. The minimum atomic E-state index is -2.79. The normalized spacial score (nSPS) is 13.9. The maximum atomic E-state index is 10.9. The summed E-state index contributed by atoms with van der Waals surface area (Å²) in [6, 6.07) is 0.511. The average molecular weight is 249 g/mol. The van der Waals surface area contributed by atoms with Gasteiger partial charge in [0.05, 0.1) is 5.75 Å². The summed E-state index contributed by atoms with van der Waals surface area (Å²) in [5, 5.41) is 3.37. The molecule has 0 radical (unpaired) electrons. The van der Waals surface area contributed by atoms with Crippen LogP contribution >= 0.6 is 0 Å². The van der Waals surface area contributed by atoms with Crippen molar-refractivity contribution in [3.63, 3.8) is 0 Å². The molecule has 0 heterocycles. The van der Waals surface area contributed by atoms with Gasteiger partial charge in [-0.2, -0.15) is 0 Å². The Kier molecular flexibility index (Phi) is 8.94. The molecular formula is C12H27NO2S. The molecule has 4 heteroatoms. The molecule has 98 valence electrons. The first kappa shape index (κ1) is 15.9. The molecule has 1 atom stereocenters. The molecule has 0 bridgehead atoms. The molecule has 16 heavy (non-hydrogen) atoms. The Morgan fingerprint density at radius 2 is 1.81 bits per heavy atom. The number of sulfone groups is 1. The molecule has 0 fully saturated rings. The van der Waals surface area contributed by atoms with Gasteiger partial charge in [0.15, 0.2) is 0 Å². The molecular weight excluding hydrogens is 222 g/mol. The van der Waals surface area contributed by atoms with Gasteiger partial charge < -0.3 is 5.32 Å². The first-order valence-corrected chi connectivity index (χ1v) is 8.43. The van der Waals surface area contributed by atoms with Crippen molar-refractivity contribution in [3.8, 4) is 0 Å². The number of rotatable bonds is 10. The fraction of sp³-hybridized carbons (Fsp3) is 1.00. The van der Waals surface area contributed by atoms with Crippen molar-refractivity contribution in [2.24, 2.45) is 0 Å². The number of hydrogen-bond acceptors (Lipinski definition) is 3. The number of hydrogen-bond donors (Lipinski definition) is 1. The summed E-state index contributed by atoms with van der Waals surface area (Å²) in [4.78, 5) is 0. The van der Waals surface area contributed by atoms with Crippen molar-refractivity contribution < 1.29 is 8.42 Å². The van der Waals surface area contributed by atoms with E-state index in [1.165, 1.54) is 38.4 Å². The van der Waals surface area contributed by atoms with Crippen LogP contribution in [0, 0.1) is 0 Å². The van der Waals surface area contributed by atoms with E-state index in [4.69, 9.17) is 0 Å². The number of unbranched alkanes of at least 4 members (excludes halogenated alkanes) is 3. The lowest BCUT2D eigenvalue weighted by atomic mass is 10.1. The summed E-state index contributed by atoms with van der Waals surface area (Å²) in [6.07, 6.45) is 8.38. The summed E-state index contributed by atoms with van der Waals surface area (Å²) >= 11 is 0. The van der Waals surface area contributed by atoms with E-state index in [1.54, 1.807) is 0 Å². The van der Waals surface area contributed by atoms with E-state index < -0.39 is 9.84 Å². The van der Waals surface area contributed by atoms with Crippen LogP contribution in [0.5, 0.6) is 0 Å². The topological polar surface area (TPSA) is 46.2 Å². The van der Waals surface area contributed by atoms with E-state index in [1.807, 2.05) is 0 Å². The lowest BCUT2D eigenvalue weighted by Crippen LogP contribution is -2.28. The van der Waals surface area contributed by atoms with Gasteiger partial charge in [-0.1, -0.05) is 32.6 Å². The Morgan fingerprint density at radius 3 is 2.38 bits per heavy atom. The molecule has 0 amide bonds. The summed E-state index contributed by atoms with van der Waals surface area (Å²) in [5.41, 5.74) is 0. The highest BCUT2D eigenvalue weighted by atomic mass is 32.2. The Bertz CT molecular complexity index is 250. The van der Waals surface area contributed by atoms with Gasteiger partial charge in [0, 0.05) is 12.3 Å². The second-order valence-electron chi connectivity index (χ2n) is 4.69. The molecule has 0 aromatic rings. The van der Waals surface area contributed by atoms with E-state index in [2.05, 4.69) is 19.2 Å². The zero-order chi connectivity index (χ0) is 12.4. The van der Waals surface area contributed by atoms with E-state index >= 15 is 0 Å². The van der Waals surface area contributed by atoms with Gasteiger partial charge in [-0.15, -0.1) is 0 Å². The smallest absolute Gasteiger partial charge is 0.147 e. The molecule has 0 aliphatic rings. The zero-order valence-electron chi connectivity index (χ0n) is 11.0. The van der Waals surface area contributed by atoms with E-state index in [0.717, 1.165) is 13.0 Å². The van der Waals surface area contributed by atoms with Crippen molar-refractivity contribution >= 4 is 9.84 Å². The van der Waals surface area contributed by atoms with Crippen LogP contribution in [0.4, 0.5) is 0 Å². The molecule has 0 spiro atoms. The van der Waals surface area contributed by atoms with Gasteiger partial charge in [0.2, 0.25) is 0 Å². The zero-order valence-corrected chi connectivity index (χ0v) is 11.8. The highest BCUT2D eigenvalue weighted by Crippen LogP contribution is 2.05. The third kappa shape index (κ3) is 12.0. The van der Waals surface area contributed by atoms with Crippen LogP contribution in [0.15, 0.2) is 0 Å². The van der Waals surface area contributed by atoms with Crippen molar-refractivity contribution in [2.45, 2.75) is 58.4 Å². The van der Waals surface area contributed by atoms with Crippen LogP contribution in [0.1, 0.15) is 52.4 Å². The second kappa shape index (κ2) is 8.99. The van der Waals surface area contributed by atoms with Crippen LogP contribution in [0.25, 0.3) is 0 Å². The summed E-state index contributed by atoms with van der Waals surface area (Å²) in [7, 11) is -2.79. The molecule has 0 aromatic heterocycles. The lowest BCUT2D eigenvalue weighted by molar-refractivity contribution is 0.482. The third-order valence-corrected chi connectivity index (χ3v) is 3.71. The van der Waals surface area contributed by atoms with Gasteiger partial charge in [-0.25, -0.2) is 8.42 Å². The molecule has 1 N–H and O–H groups in total. The minimum absolute atomic E-state index is 0.294. The largest absolute Gasteiger partial charge is 0.314 e. The Balaban J connectivity index is 3.33. The van der Waals surface area contributed by atoms with E-state index in [9.17, 15) is 8.42 Å². The van der Waals surface area contributed by atoms with Crippen molar-refractivity contribution in [1.29, 1.82) is 0 Å². The Labute approximate surface area is 101 Å². The van der Waals surface area contributed by atoms with Gasteiger partial charge >= 0.3 is 0 Å². The molecule has 0 aliphatic heterocycles. The van der Waals surface area contributed by atoms with Crippen LogP contribution in [0.3, 0.4) is 0 Å². The average Bonchev–Trinajstić information content (AvgIpc) is 2.18. The molecule has 3 nitrogen and oxygen atoms in total. The van der Waals surface area contributed by atoms with E-state index in [0.29, 0.717) is 11.8 Å². The summed E-state index contributed by atoms with van der Waals surface area (Å²) in [5.74, 6) is 0.294. The second-order valence-corrected chi connectivity index (χ2v) is 6.95. The van der Waals surface area contributed by atoms with Crippen LogP contribution in [0.2, 0.25) is 0 Å². The molecule has 0 saturated heterocycles. The minimum Gasteiger partial charge on any atom is -0.314 e. The quantitative estimate of drug-likeness (QED) is 0.605. The monoisotopic (exact) mass is 249 g/mol. The predicted molar refractivity (Wildman–Crippen MR) is 70.6 cm³/mol. The highest BCUT2D eigenvalue weighted by Gasteiger charge is 2.03. The lowest BCUT2D eigenvalue weighted by Gasteiger charge is -2.13. The first-order valence-electron chi connectivity index (χ1n) is 6.37. The van der Waals surface area contributed by atoms with Crippen molar-refractivity contribution in [2.75, 3.05) is 18.6 Å². The van der Waals surface area contributed by atoms with E-state index in [-0.39, 0.29) is 0 Å². The van der Waals surface area contributed by atoms with Gasteiger partial charge in [-0.3, -0.25) is 0 Å². The first-order chi connectivity index (χ1) is 7.45. The fourth-order valence-electron chi connectivity index (χ4n) is 1.66. The van der Waals surface area contributed by atoms with Crippen LogP contribution in [-0.2, 0) is 9.84 Å². The van der Waals surface area contributed by atoms with Gasteiger partial charge in [0.1, 0.15) is 9.84 Å². The number of nitrogens with one attached hydrogen (secondary N) is 1. The molecule has 0 aliphatic carbocycles. The Morgan fingerprint density at radius 1 is 1.12 bits per heavy atom. The van der Waals surface area contributed by atoms with Crippen LogP contribution in [-0.4, -0.2) is 33.0 Å². The predicted octanol–water partition coefficient (Wildman–Crippen LogP) is 2.37. The SMILES string of the molecule is CCCCCCC(C)NCCCS(C)(=O)=O. The van der Waals surface area contributed by atoms with Gasteiger partial charge in [0.25, 0.3) is 0 Å². The maximum absolute atomic E-state index is 10.9. The molecule has 0 saturated carbocycles.